The molecule has 6 rings (SSSR count). The molecule has 3 aromatic heterocycles. The minimum Gasteiger partial charge on any atom is -0.339 e. The molecule has 3 aromatic rings. The monoisotopic (exact) mass is 366 g/mol. The first-order chi connectivity index (χ1) is 13.2. The zero-order chi connectivity index (χ0) is 18.4. The van der Waals surface area contributed by atoms with Crippen LogP contribution in [0.2, 0.25) is 0 Å². The van der Waals surface area contributed by atoms with Crippen molar-refractivity contribution < 1.29 is 0 Å². The van der Waals surface area contributed by atoms with Crippen LogP contribution in [-0.2, 0) is 6.54 Å². The number of nitrogens with one attached hydrogen (secondary N) is 1. The van der Waals surface area contributed by atoms with E-state index < -0.39 is 0 Å². The second kappa shape index (κ2) is 6.41. The van der Waals surface area contributed by atoms with Crippen molar-refractivity contribution in [1.29, 1.82) is 0 Å². The number of piperidine rings is 1. The predicted octanol–water partition coefficient (Wildman–Crippen LogP) is 0.617. The van der Waals surface area contributed by atoms with Gasteiger partial charge in [-0.25, -0.2) is 15.0 Å². The number of aromatic amines is 1. The molecule has 3 fully saturated rings. The lowest BCUT2D eigenvalue weighted by Gasteiger charge is -2.35. The number of aromatic nitrogens is 6. The summed E-state index contributed by atoms with van der Waals surface area (Å²) in [6, 6.07) is 3.87. The average molecular weight is 366 g/mol. The fourth-order valence-corrected chi connectivity index (χ4v) is 4.31. The molecule has 3 aliphatic heterocycles. The van der Waals surface area contributed by atoms with Gasteiger partial charge in [0.2, 0.25) is 5.95 Å². The van der Waals surface area contributed by atoms with Gasteiger partial charge in [0.15, 0.2) is 0 Å². The fourth-order valence-electron chi connectivity index (χ4n) is 4.31. The van der Waals surface area contributed by atoms with Gasteiger partial charge in [-0.1, -0.05) is 0 Å². The second-order valence-electron chi connectivity index (χ2n) is 7.51. The number of fused-ring (bicyclic) bond motifs is 5. The minimum atomic E-state index is -0.116. The van der Waals surface area contributed by atoms with Crippen LogP contribution in [0, 0.1) is 12.8 Å². The van der Waals surface area contributed by atoms with Crippen LogP contribution in [0.5, 0.6) is 0 Å². The van der Waals surface area contributed by atoms with Gasteiger partial charge in [0.1, 0.15) is 5.82 Å². The van der Waals surface area contributed by atoms with Crippen LogP contribution >= 0.6 is 0 Å². The highest BCUT2D eigenvalue weighted by molar-refractivity contribution is 5.31. The Morgan fingerprint density at radius 3 is 2.85 bits per heavy atom. The number of anilines is 1. The summed E-state index contributed by atoms with van der Waals surface area (Å²) in [6.07, 6.45) is 5.96. The molecule has 0 amide bonds. The Morgan fingerprint density at radius 1 is 1.15 bits per heavy atom. The first-order valence-electron chi connectivity index (χ1n) is 9.37. The number of hydrogen-bond donors (Lipinski definition) is 1. The van der Waals surface area contributed by atoms with Gasteiger partial charge < -0.3 is 4.90 Å². The van der Waals surface area contributed by atoms with Gasteiger partial charge in [0, 0.05) is 50.7 Å². The van der Waals surface area contributed by atoms with Gasteiger partial charge in [0.05, 0.1) is 5.69 Å². The molecule has 0 aromatic carbocycles. The van der Waals surface area contributed by atoms with E-state index in [0.29, 0.717) is 30.1 Å². The van der Waals surface area contributed by atoms with Crippen LogP contribution in [0.1, 0.15) is 24.4 Å². The van der Waals surface area contributed by atoms with Crippen molar-refractivity contribution in [2.75, 3.05) is 24.5 Å². The molecule has 0 aliphatic carbocycles. The SMILES string of the molecule is Cc1nc2nc(CN3C[C@@H]4CC[C@H]3CN(c3ncccn3)C4)cc(=O)n2[nH]1. The molecule has 0 saturated carbocycles. The van der Waals surface area contributed by atoms with E-state index in [1.807, 2.05) is 13.0 Å². The van der Waals surface area contributed by atoms with Crippen LogP contribution in [0.25, 0.3) is 5.78 Å². The van der Waals surface area contributed by atoms with E-state index in [1.165, 1.54) is 10.9 Å². The summed E-state index contributed by atoms with van der Waals surface area (Å²) < 4.78 is 1.39. The van der Waals surface area contributed by atoms with E-state index in [1.54, 1.807) is 18.5 Å². The molecule has 3 aliphatic rings. The van der Waals surface area contributed by atoms with Gasteiger partial charge in [-0.05, 0) is 31.7 Å². The van der Waals surface area contributed by atoms with Crippen molar-refractivity contribution in [1.82, 2.24) is 34.4 Å². The molecule has 0 unspecified atom stereocenters. The lowest BCUT2D eigenvalue weighted by atomic mass is 9.95. The molecule has 9 heteroatoms. The normalized spacial score (nSPS) is 23.1. The number of nitrogens with zero attached hydrogens (tertiary/aromatic N) is 7. The fraction of sp³-hybridized carbons (Fsp3) is 0.500. The Labute approximate surface area is 156 Å². The number of aryl methyl sites for hydroxylation is 1. The lowest BCUT2D eigenvalue weighted by molar-refractivity contribution is 0.125. The van der Waals surface area contributed by atoms with E-state index >= 15 is 0 Å². The highest BCUT2D eigenvalue weighted by Gasteiger charge is 2.35. The molecule has 9 nitrogen and oxygen atoms in total. The molecule has 27 heavy (non-hydrogen) atoms. The van der Waals surface area contributed by atoms with E-state index in [0.717, 1.165) is 37.7 Å². The van der Waals surface area contributed by atoms with Gasteiger partial charge >= 0.3 is 0 Å². The minimum absolute atomic E-state index is 0.116. The van der Waals surface area contributed by atoms with Crippen molar-refractivity contribution in [3.63, 3.8) is 0 Å². The Kier molecular flexibility index (Phi) is 3.89. The molecule has 140 valence electrons. The maximum absolute atomic E-state index is 12.3. The third-order valence-electron chi connectivity index (χ3n) is 5.52. The quantitative estimate of drug-likeness (QED) is 0.726. The largest absolute Gasteiger partial charge is 0.339 e. The van der Waals surface area contributed by atoms with Crippen LogP contribution in [0.3, 0.4) is 0 Å². The Bertz CT molecular complexity index is 1010. The highest BCUT2D eigenvalue weighted by atomic mass is 16.1. The molecule has 3 saturated heterocycles. The summed E-state index contributed by atoms with van der Waals surface area (Å²) in [7, 11) is 0. The van der Waals surface area contributed by atoms with Crippen LogP contribution in [-0.4, -0.2) is 60.1 Å². The molecule has 2 atom stereocenters. The molecule has 6 heterocycles. The van der Waals surface area contributed by atoms with Gasteiger partial charge in [-0.3, -0.25) is 14.8 Å². The second-order valence-corrected chi connectivity index (χ2v) is 7.51. The Morgan fingerprint density at radius 2 is 2.00 bits per heavy atom. The number of H-pyrrole nitrogens is 1. The molecule has 0 spiro atoms. The summed E-state index contributed by atoms with van der Waals surface area (Å²) in [6.45, 7) is 5.38. The summed E-state index contributed by atoms with van der Waals surface area (Å²) in [5.74, 6) is 2.50. The number of rotatable bonds is 3. The van der Waals surface area contributed by atoms with Crippen molar-refractivity contribution >= 4 is 11.7 Å². The lowest BCUT2D eigenvalue weighted by Crippen LogP contribution is -2.43. The van der Waals surface area contributed by atoms with E-state index in [4.69, 9.17) is 0 Å². The maximum atomic E-state index is 12.3. The van der Waals surface area contributed by atoms with Gasteiger partial charge in [-0.15, -0.1) is 0 Å². The predicted molar refractivity (Wildman–Crippen MR) is 99.5 cm³/mol. The molecule has 1 N–H and O–H groups in total. The topological polar surface area (TPSA) is 95.3 Å². The maximum Gasteiger partial charge on any atom is 0.274 e. The summed E-state index contributed by atoms with van der Waals surface area (Å²) in [5, 5.41) is 2.91. The summed E-state index contributed by atoms with van der Waals surface area (Å²) >= 11 is 0. The van der Waals surface area contributed by atoms with Gasteiger partial charge in [-0.2, -0.15) is 9.50 Å². The third-order valence-corrected chi connectivity index (χ3v) is 5.52. The zero-order valence-electron chi connectivity index (χ0n) is 15.2. The van der Waals surface area contributed by atoms with Crippen molar-refractivity contribution in [2.45, 2.75) is 32.4 Å². The number of hydrogen-bond acceptors (Lipinski definition) is 7. The van der Waals surface area contributed by atoms with Crippen LogP contribution < -0.4 is 10.5 Å². The molecular formula is C18H22N8O. The molecular weight excluding hydrogens is 344 g/mol. The third kappa shape index (κ3) is 3.08. The van der Waals surface area contributed by atoms with Crippen molar-refractivity contribution in [2.24, 2.45) is 5.92 Å². The van der Waals surface area contributed by atoms with E-state index in [2.05, 4.69) is 34.8 Å². The summed E-state index contributed by atoms with van der Waals surface area (Å²) in [4.78, 5) is 34.8. The van der Waals surface area contributed by atoms with E-state index in [9.17, 15) is 4.79 Å². The Hall–Kier alpha value is -2.81. The standard InChI is InChI=1S/C18H22N8O/c1-12-21-18-22-14(7-16(27)26(18)23-12)10-24-8-13-3-4-15(24)11-25(9-13)17-19-5-2-6-20-17/h2,5-7,13,15H,3-4,8-11H2,1H3,(H,21,22,23)/t13-,15-/m0/s1. The smallest absolute Gasteiger partial charge is 0.274 e. The van der Waals surface area contributed by atoms with E-state index in [-0.39, 0.29) is 5.56 Å². The average Bonchev–Trinajstić information content (AvgIpc) is 2.84. The van der Waals surface area contributed by atoms with Crippen molar-refractivity contribution in [3.8, 4) is 0 Å². The summed E-state index contributed by atoms with van der Waals surface area (Å²) in [5.41, 5.74) is 0.663. The first kappa shape index (κ1) is 16.4. The zero-order valence-corrected chi connectivity index (χ0v) is 15.2. The first-order valence-corrected chi connectivity index (χ1v) is 9.37. The van der Waals surface area contributed by atoms with Crippen LogP contribution in [0.15, 0.2) is 29.3 Å². The molecule has 0 radical (unpaired) electrons. The van der Waals surface area contributed by atoms with Crippen molar-refractivity contribution in [3.05, 3.63) is 46.4 Å². The molecule has 2 bridgehead atoms. The highest BCUT2D eigenvalue weighted by Crippen LogP contribution is 2.30. The van der Waals surface area contributed by atoms with Crippen LogP contribution in [0.4, 0.5) is 5.95 Å². The Balaban J connectivity index is 1.39. The van der Waals surface area contributed by atoms with Gasteiger partial charge in [0.25, 0.3) is 11.3 Å².